The van der Waals surface area contributed by atoms with Gasteiger partial charge in [-0.05, 0) is 25.0 Å². The molecular weight excluding hydrogens is 162 g/mol. The molecule has 68 valence electrons. The van der Waals surface area contributed by atoms with Crippen LogP contribution >= 0.6 is 0 Å². The molecule has 1 aromatic rings. The first-order valence-electron chi connectivity index (χ1n) is 4.57. The van der Waals surface area contributed by atoms with Gasteiger partial charge in [0, 0.05) is 31.0 Å². The molecule has 1 aliphatic rings. The van der Waals surface area contributed by atoms with Gasteiger partial charge in [-0.1, -0.05) is 0 Å². The van der Waals surface area contributed by atoms with E-state index in [0.717, 1.165) is 30.9 Å². The number of hydrogen-bond acceptors (Lipinski definition) is 3. The van der Waals surface area contributed by atoms with Crippen LogP contribution < -0.4 is 5.32 Å². The number of aryl methyl sites for hydroxylation is 1. The van der Waals surface area contributed by atoms with E-state index in [1.165, 1.54) is 5.56 Å². The van der Waals surface area contributed by atoms with Crippen LogP contribution in [0.4, 0.5) is 0 Å². The van der Waals surface area contributed by atoms with E-state index in [-0.39, 0.29) is 0 Å². The Morgan fingerprint density at radius 1 is 1.46 bits per heavy atom. The molecule has 1 aliphatic heterocycles. The number of hydrogen-bond donors (Lipinski definition) is 1. The van der Waals surface area contributed by atoms with Crippen molar-refractivity contribution in [2.75, 3.05) is 13.1 Å². The second-order valence-electron chi connectivity index (χ2n) is 3.20. The van der Waals surface area contributed by atoms with E-state index < -0.39 is 0 Å². The van der Waals surface area contributed by atoms with Crippen LogP contribution in [0.25, 0.3) is 0 Å². The Morgan fingerprint density at radius 2 is 2.38 bits per heavy atom. The van der Waals surface area contributed by atoms with E-state index >= 15 is 0 Å². The number of pyridine rings is 1. The van der Waals surface area contributed by atoms with Crippen LogP contribution in [0.1, 0.15) is 17.5 Å². The molecule has 0 spiro atoms. The summed E-state index contributed by atoms with van der Waals surface area (Å²) >= 11 is 0. The van der Waals surface area contributed by atoms with Crippen LogP contribution in [0.15, 0.2) is 23.5 Å². The molecule has 0 unspecified atom stereocenters. The van der Waals surface area contributed by atoms with E-state index in [2.05, 4.69) is 22.2 Å². The summed E-state index contributed by atoms with van der Waals surface area (Å²) in [5.74, 6) is 0.997. The van der Waals surface area contributed by atoms with Gasteiger partial charge in [0.1, 0.15) is 5.84 Å². The summed E-state index contributed by atoms with van der Waals surface area (Å²) in [4.78, 5) is 8.53. The van der Waals surface area contributed by atoms with Crippen LogP contribution in [0.3, 0.4) is 0 Å². The van der Waals surface area contributed by atoms with Crippen molar-refractivity contribution >= 4 is 5.84 Å². The Labute approximate surface area is 77.9 Å². The Bertz CT molecular complexity index is 331. The quantitative estimate of drug-likeness (QED) is 0.694. The largest absolute Gasteiger partial charge is 0.370 e. The number of rotatable bonds is 1. The van der Waals surface area contributed by atoms with Crippen LogP contribution in [0.5, 0.6) is 0 Å². The summed E-state index contributed by atoms with van der Waals surface area (Å²) in [5, 5.41) is 3.29. The van der Waals surface area contributed by atoms with Crippen molar-refractivity contribution in [3.8, 4) is 0 Å². The molecule has 0 fully saturated rings. The highest BCUT2D eigenvalue weighted by Crippen LogP contribution is 2.07. The fourth-order valence-electron chi connectivity index (χ4n) is 1.42. The summed E-state index contributed by atoms with van der Waals surface area (Å²) in [6.45, 7) is 4.03. The molecule has 3 heteroatoms. The molecule has 3 nitrogen and oxygen atoms in total. The molecule has 2 rings (SSSR count). The van der Waals surface area contributed by atoms with Gasteiger partial charge in [-0.25, -0.2) is 0 Å². The van der Waals surface area contributed by atoms with Crippen molar-refractivity contribution in [1.82, 2.24) is 10.3 Å². The normalized spacial score (nSPS) is 16.2. The standard InChI is InChI=1S/C10H13N3/c1-8-3-6-11-7-9(8)10-12-4-2-5-13-10/h3,6-7H,2,4-5H2,1H3,(H,12,13). The molecule has 1 aromatic heterocycles. The van der Waals surface area contributed by atoms with Crippen molar-refractivity contribution in [2.45, 2.75) is 13.3 Å². The van der Waals surface area contributed by atoms with Crippen LogP contribution in [-0.4, -0.2) is 23.9 Å². The molecular formula is C10H13N3. The predicted octanol–water partition coefficient (Wildman–Crippen LogP) is 1.13. The van der Waals surface area contributed by atoms with Crippen molar-refractivity contribution in [1.29, 1.82) is 0 Å². The van der Waals surface area contributed by atoms with Crippen LogP contribution in [-0.2, 0) is 0 Å². The van der Waals surface area contributed by atoms with Gasteiger partial charge in [0.2, 0.25) is 0 Å². The number of amidine groups is 1. The Morgan fingerprint density at radius 3 is 3.08 bits per heavy atom. The highest BCUT2D eigenvalue weighted by Gasteiger charge is 2.08. The number of aromatic nitrogens is 1. The van der Waals surface area contributed by atoms with E-state index in [9.17, 15) is 0 Å². The zero-order valence-electron chi connectivity index (χ0n) is 7.75. The Balaban J connectivity index is 2.34. The van der Waals surface area contributed by atoms with Gasteiger partial charge in [0.25, 0.3) is 0 Å². The molecule has 0 atom stereocenters. The third kappa shape index (κ3) is 1.69. The van der Waals surface area contributed by atoms with Gasteiger partial charge in [-0.2, -0.15) is 0 Å². The first-order chi connectivity index (χ1) is 6.38. The summed E-state index contributed by atoms with van der Waals surface area (Å²) in [7, 11) is 0. The maximum absolute atomic E-state index is 4.43. The number of nitrogens with zero attached hydrogens (tertiary/aromatic N) is 2. The maximum Gasteiger partial charge on any atom is 0.130 e. The summed E-state index contributed by atoms with van der Waals surface area (Å²) in [6, 6.07) is 2.01. The molecule has 2 heterocycles. The Kier molecular flexibility index (Phi) is 2.25. The van der Waals surface area contributed by atoms with Gasteiger partial charge < -0.3 is 5.32 Å². The van der Waals surface area contributed by atoms with Crippen molar-refractivity contribution in [3.05, 3.63) is 29.6 Å². The monoisotopic (exact) mass is 175 g/mol. The second-order valence-corrected chi connectivity index (χ2v) is 3.20. The maximum atomic E-state index is 4.43. The minimum Gasteiger partial charge on any atom is -0.370 e. The van der Waals surface area contributed by atoms with Gasteiger partial charge in [0.05, 0.1) is 0 Å². The average molecular weight is 175 g/mol. The van der Waals surface area contributed by atoms with Crippen LogP contribution in [0.2, 0.25) is 0 Å². The summed E-state index contributed by atoms with van der Waals surface area (Å²) in [5.41, 5.74) is 2.35. The summed E-state index contributed by atoms with van der Waals surface area (Å²) in [6.07, 6.45) is 4.80. The molecule has 0 bridgehead atoms. The first kappa shape index (κ1) is 8.23. The fourth-order valence-corrected chi connectivity index (χ4v) is 1.42. The third-order valence-electron chi connectivity index (χ3n) is 2.19. The number of aliphatic imine (C=N–C) groups is 1. The topological polar surface area (TPSA) is 37.3 Å². The lowest BCUT2D eigenvalue weighted by Crippen LogP contribution is -2.30. The zero-order valence-corrected chi connectivity index (χ0v) is 7.75. The van der Waals surface area contributed by atoms with Gasteiger partial charge in [-0.3, -0.25) is 9.98 Å². The molecule has 0 aromatic carbocycles. The fraction of sp³-hybridized carbons (Fsp3) is 0.400. The van der Waals surface area contributed by atoms with E-state index in [1.807, 2.05) is 18.5 Å². The molecule has 1 N–H and O–H groups in total. The van der Waals surface area contributed by atoms with E-state index in [4.69, 9.17) is 0 Å². The third-order valence-corrected chi connectivity index (χ3v) is 2.19. The van der Waals surface area contributed by atoms with Crippen LogP contribution in [0, 0.1) is 6.92 Å². The van der Waals surface area contributed by atoms with Crippen molar-refractivity contribution < 1.29 is 0 Å². The minimum atomic E-state index is 0.927. The molecule has 13 heavy (non-hydrogen) atoms. The lowest BCUT2D eigenvalue weighted by Gasteiger charge is -2.15. The second kappa shape index (κ2) is 3.56. The SMILES string of the molecule is Cc1ccncc1C1=NCCCN1. The first-order valence-corrected chi connectivity index (χ1v) is 4.57. The van der Waals surface area contributed by atoms with Crippen molar-refractivity contribution in [2.24, 2.45) is 4.99 Å². The van der Waals surface area contributed by atoms with E-state index in [1.54, 1.807) is 0 Å². The number of nitrogens with one attached hydrogen (secondary N) is 1. The lowest BCUT2D eigenvalue weighted by molar-refractivity contribution is 0.741. The molecule has 0 saturated heterocycles. The molecule has 0 aliphatic carbocycles. The molecule has 0 amide bonds. The highest BCUT2D eigenvalue weighted by atomic mass is 15.0. The molecule has 0 saturated carbocycles. The zero-order chi connectivity index (χ0) is 9.10. The minimum absolute atomic E-state index is 0.927. The van der Waals surface area contributed by atoms with E-state index in [0.29, 0.717) is 0 Å². The molecule has 0 radical (unpaired) electrons. The summed E-state index contributed by atoms with van der Waals surface area (Å²) < 4.78 is 0. The highest BCUT2D eigenvalue weighted by molar-refractivity contribution is 6.00. The Hall–Kier alpha value is -1.38. The van der Waals surface area contributed by atoms with Gasteiger partial charge >= 0.3 is 0 Å². The smallest absolute Gasteiger partial charge is 0.130 e. The predicted molar refractivity (Wildman–Crippen MR) is 53.0 cm³/mol. The van der Waals surface area contributed by atoms with Gasteiger partial charge in [0.15, 0.2) is 0 Å². The van der Waals surface area contributed by atoms with Crippen molar-refractivity contribution in [3.63, 3.8) is 0 Å². The average Bonchev–Trinajstić information content (AvgIpc) is 2.20. The lowest BCUT2D eigenvalue weighted by atomic mass is 10.1. The van der Waals surface area contributed by atoms with Gasteiger partial charge in [-0.15, -0.1) is 0 Å².